The van der Waals surface area contributed by atoms with Crippen molar-refractivity contribution < 1.29 is 4.79 Å². The summed E-state index contributed by atoms with van der Waals surface area (Å²) >= 11 is 0. The Hall–Kier alpha value is -2.22. The smallest absolute Gasteiger partial charge is 0.251 e. The minimum Gasteiger partial charge on any atom is -0.349 e. The summed E-state index contributed by atoms with van der Waals surface area (Å²) in [5.41, 5.74) is 8.53. The third kappa shape index (κ3) is 4.55. The molecule has 1 aromatic carbocycles. The van der Waals surface area contributed by atoms with Crippen molar-refractivity contribution in [3.63, 3.8) is 0 Å². The van der Waals surface area contributed by atoms with Crippen LogP contribution in [0, 0.1) is 0 Å². The first-order chi connectivity index (χ1) is 13.2. The molecule has 1 aromatic heterocycles. The number of piperidine rings is 1. The van der Waals surface area contributed by atoms with Crippen LogP contribution in [0.15, 0.2) is 43.0 Å². The molecule has 0 bridgehead atoms. The second-order valence-corrected chi connectivity index (χ2v) is 7.66. The van der Waals surface area contributed by atoms with Crippen LogP contribution in [0.25, 0.3) is 0 Å². The van der Waals surface area contributed by atoms with Gasteiger partial charge in [-0.05, 0) is 43.9 Å². The molecule has 7 nitrogen and oxygen atoms in total. The van der Waals surface area contributed by atoms with Crippen molar-refractivity contribution in [1.82, 2.24) is 30.6 Å². The van der Waals surface area contributed by atoms with Gasteiger partial charge in [-0.15, -0.1) is 0 Å². The van der Waals surface area contributed by atoms with Gasteiger partial charge in [0.1, 0.15) is 0 Å². The zero-order chi connectivity index (χ0) is 18.6. The van der Waals surface area contributed by atoms with Gasteiger partial charge in [0.05, 0.1) is 12.5 Å². The fraction of sp³-hybridized carbons (Fsp3) is 0.500. The summed E-state index contributed by atoms with van der Waals surface area (Å²) in [5.74, 6) is 0.0249. The first-order valence-electron chi connectivity index (χ1n) is 9.78. The molecule has 2 saturated heterocycles. The van der Waals surface area contributed by atoms with E-state index >= 15 is 0 Å². The van der Waals surface area contributed by atoms with Gasteiger partial charge in [-0.2, -0.15) is 0 Å². The summed E-state index contributed by atoms with van der Waals surface area (Å²) in [6.45, 7) is 4.99. The minimum absolute atomic E-state index is 0.0249. The molecule has 0 spiro atoms. The number of rotatable bonds is 5. The van der Waals surface area contributed by atoms with Gasteiger partial charge in [0, 0.05) is 49.7 Å². The number of hydrogen-bond donors (Lipinski definition) is 3. The van der Waals surface area contributed by atoms with Crippen LogP contribution in [0.4, 0.5) is 0 Å². The van der Waals surface area contributed by atoms with Crippen LogP contribution in [0.1, 0.15) is 42.1 Å². The number of aromatic nitrogens is 2. The van der Waals surface area contributed by atoms with Gasteiger partial charge in [-0.3, -0.25) is 15.1 Å². The highest BCUT2D eigenvalue weighted by molar-refractivity contribution is 5.94. The largest absolute Gasteiger partial charge is 0.349 e. The van der Waals surface area contributed by atoms with E-state index in [1.54, 1.807) is 12.5 Å². The van der Waals surface area contributed by atoms with Gasteiger partial charge in [0.25, 0.3) is 5.91 Å². The Morgan fingerprint density at radius 3 is 2.63 bits per heavy atom. The van der Waals surface area contributed by atoms with Gasteiger partial charge in [0.2, 0.25) is 0 Å². The Bertz CT molecular complexity index is 736. The van der Waals surface area contributed by atoms with Gasteiger partial charge < -0.3 is 9.88 Å². The molecule has 0 aliphatic carbocycles. The number of nitrogens with one attached hydrogen (secondary N) is 3. The monoisotopic (exact) mass is 368 g/mol. The number of benzene rings is 1. The number of likely N-dealkylation sites (tertiary alicyclic amines) is 1. The molecule has 144 valence electrons. The lowest BCUT2D eigenvalue weighted by Crippen LogP contribution is -2.51. The molecule has 2 aliphatic rings. The number of hydrogen-bond acceptors (Lipinski definition) is 5. The summed E-state index contributed by atoms with van der Waals surface area (Å²) in [5, 5.41) is 3.20. The number of nitrogens with zero attached hydrogens (tertiary/aromatic N) is 3. The van der Waals surface area contributed by atoms with Crippen molar-refractivity contribution in [2.45, 2.75) is 51.0 Å². The third-order valence-corrected chi connectivity index (χ3v) is 5.52. The van der Waals surface area contributed by atoms with E-state index in [2.05, 4.69) is 33.0 Å². The van der Waals surface area contributed by atoms with Crippen LogP contribution in [0.3, 0.4) is 0 Å². The summed E-state index contributed by atoms with van der Waals surface area (Å²) in [6, 6.07) is 8.61. The molecule has 2 fully saturated rings. The lowest BCUT2D eigenvalue weighted by Gasteiger charge is -2.35. The number of carbonyl (C=O) groups is 1. The Balaban J connectivity index is 1.25. The Morgan fingerprint density at radius 2 is 2.00 bits per heavy atom. The van der Waals surface area contributed by atoms with E-state index in [1.165, 1.54) is 0 Å². The van der Waals surface area contributed by atoms with E-state index in [0.29, 0.717) is 12.2 Å². The van der Waals surface area contributed by atoms with Crippen molar-refractivity contribution in [2.75, 3.05) is 13.1 Å². The fourth-order valence-corrected chi connectivity index (χ4v) is 3.91. The van der Waals surface area contributed by atoms with Gasteiger partial charge in [-0.1, -0.05) is 12.1 Å². The molecular formula is C20H28N6O. The van der Waals surface area contributed by atoms with Crippen LogP contribution in [0.2, 0.25) is 0 Å². The summed E-state index contributed by atoms with van der Waals surface area (Å²) < 4.78 is 2.01. The van der Waals surface area contributed by atoms with Crippen LogP contribution in [0.5, 0.6) is 0 Å². The molecule has 27 heavy (non-hydrogen) atoms. The first-order valence-corrected chi connectivity index (χ1v) is 9.78. The topological polar surface area (TPSA) is 74.2 Å². The molecule has 3 heterocycles. The van der Waals surface area contributed by atoms with Crippen molar-refractivity contribution in [3.05, 3.63) is 54.1 Å². The molecule has 0 saturated carbocycles. The normalized spacial score (nSPS) is 24.2. The lowest BCUT2D eigenvalue weighted by molar-refractivity contribution is 0.0880. The van der Waals surface area contributed by atoms with Crippen LogP contribution < -0.4 is 16.2 Å². The van der Waals surface area contributed by atoms with Crippen molar-refractivity contribution >= 4 is 5.91 Å². The van der Waals surface area contributed by atoms with Crippen molar-refractivity contribution in [3.8, 4) is 0 Å². The van der Waals surface area contributed by atoms with E-state index < -0.39 is 0 Å². The SMILES string of the molecule is CC1CC(N2CCC(NC(=O)c3ccc(Cn4ccnc4)cc3)CC2)NN1. The molecule has 2 aromatic rings. The zero-order valence-corrected chi connectivity index (χ0v) is 15.8. The predicted octanol–water partition coefficient (Wildman–Crippen LogP) is 1.34. The standard InChI is InChI=1S/C20H28N6O/c1-15-12-19(24-23-15)26-9-6-18(7-10-26)22-20(27)17-4-2-16(3-5-17)13-25-11-8-21-14-25/h2-5,8,11,14-15,18-19,23-24H,6-7,9-10,12-13H2,1H3,(H,22,27). The molecule has 2 unspecified atom stereocenters. The molecule has 0 radical (unpaired) electrons. The molecule has 3 N–H and O–H groups in total. The Labute approximate surface area is 160 Å². The quantitative estimate of drug-likeness (QED) is 0.743. The maximum atomic E-state index is 12.6. The highest BCUT2D eigenvalue weighted by atomic mass is 16.1. The maximum Gasteiger partial charge on any atom is 0.251 e. The average molecular weight is 368 g/mol. The number of imidazole rings is 1. The van der Waals surface area contributed by atoms with Crippen LogP contribution in [-0.2, 0) is 6.54 Å². The lowest BCUT2D eigenvalue weighted by atomic mass is 10.0. The fourth-order valence-electron chi connectivity index (χ4n) is 3.91. The number of hydrazine groups is 1. The molecule has 2 atom stereocenters. The highest BCUT2D eigenvalue weighted by Crippen LogP contribution is 2.17. The molecule has 2 aliphatic heterocycles. The molecular weight excluding hydrogens is 340 g/mol. The number of amides is 1. The zero-order valence-electron chi connectivity index (χ0n) is 15.8. The summed E-state index contributed by atoms with van der Waals surface area (Å²) in [7, 11) is 0. The van der Waals surface area contributed by atoms with E-state index in [-0.39, 0.29) is 11.9 Å². The van der Waals surface area contributed by atoms with E-state index in [1.807, 2.05) is 35.0 Å². The van der Waals surface area contributed by atoms with E-state index in [0.717, 1.165) is 50.0 Å². The summed E-state index contributed by atoms with van der Waals surface area (Å²) in [4.78, 5) is 19.1. The average Bonchev–Trinajstić information content (AvgIpc) is 3.35. The van der Waals surface area contributed by atoms with Crippen LogP contribution >= 0.6 is 0 Å². The second-order valence-electron chi connectivity index (χ2n) is 7.66. The van der Waals surface area contributed by atoms with E-state index in [4.69, 9.17) is 0 Å². The van der Waals surface area contributed by atoms with Gasteiger partial charge >= 0.3 is 0 Å². The second kappa shape index (κ2) is 8.21. The van der Waals surface area contributed by atoms with Crippen molar-refractivity contribution in [2.24, 2.45) is 0 Å². The van der Waals surface area contributed by atoms with Gasteiger partial charge in [0.15, 0.2) is 0 Å². The van der Waals surface area contributed by atoms with Crippen molar-refractivity contribution in [1.29, 1.82) is 0 Å². The Morgan fingerprint density at radius 1 is 1.22 bits per heavy atom. The maximum absolute atomic E-state index is 12.6. The first kappa shape index (κ1) is 18.2. The van der Waals surface area contributed by atoms with Gasteiger partial charge in [-0.25, -0.2) is 10.4 Å². The summed E-state index contributed by atoms with van der Waals surface area (Å²) in [6.07, 6.45) is 9.04. The Kier molecular flexibility index (Phi) is 5.52. The predicted molar refractivity (Wildman–Crippen MR) is 104 cm³/mol. The molecule has 1 amide bonds. The minimum atomic E-state index is 0.0249. The molecule has 4 rings (SSSR count). The number of carbonyl (C=O) groups excluding carboxylic acids is 1. The van der Waals surface area contributed by atoms with E-state index in [9.17, 15) is 4.79 Å². The highest BCUT2D eigenvalue weighted by Gasteiger charge is 2.29. The third-order valence-electron chi connectivity index (χ3n) is 5.52. The molecule has 7 heteroatoms. The van der Waals surface area contributed by atoms with Crippen LogP contribution in [-0.4, -0.2) is 51.7 Å².